The van der Waals surface area contributed by atoms with Crippen LogP contribution >= 0.6 is 11.8 Å². The van der Waals surface area contributed by atoms with Gasteiger partial charge in [-0.2, -0.15) is 11.8 Å². The number of thioether (sulfide) groups is 1. The normalized spacial score (nSPS) is 26.7. The number of nitrogens with zero attached hydrogens (tertiary/aromatic N) is 1. The van der Waals surface area contributed by atoms with Crippen molar-refractivity contribution in [1.82, 2.24) is 4.90 Å². The summed E-state index contributed by atoms with van der Waals surface area (Å²) in [6, 6.07) is 0. The van der Waals surface area contributed by atoms with Gasteiger partial charge in [0, 0.05) is 36.4 Å². The van der Waals surface area contributed by atoms with E-state index in [1.54, 1.807) is 11.8 Å². The highest BCUT2D eigenvalue weighted by atomic mass is 32.2. The van der Waals surface area contributed by atoms with Crippen LogP contribution in [0.1, 0.15) is 26.7 Å². The van der Waals surface area contributed by atoms with Gasteiger partial charge in [-0.15, -0.1) is 0 Å². The smallest absolute Gasteiger partial charge is 0.164 e. The van der Waals surface area contributed by atoms with E-state index in [0.29, 0.717) is 12.3 Å². The molecular formula is C11H24N2O2S2. The van der Waals surface area contributed by atoms with E-state index in [2.05, 4.69) is 18.7 Å². The fraction of sp³-hybridized carbons (Fsp3) is 1.00. The van der Waals surface area contributed by atoms with E-state index in [4.69, 9.17) is 5.73 Å². The van der Waals surface area contributed by atoms with Crippen molar-refractivity contribution in [1.29, 1.82) is 0 Å². The molecule has 0 bridgehead atoms. The molecular weight excluding hydrogens is 256 g/mol. The molecule has 2 N–H and O–H groups in total. The molecule has 0 aromatic rings. The van der Waals surface area contributed by atoms with Crippen LogP contribution in [0.4, 0.5) is 0 Å². The Morgan fingerprint density at radius 2 is 2.18 bits per heavy atom. The molecule has 0 amide bonds. The first-order valence-corrected chi connectivity index (χ1v) is 9.19. The Bertz CT molecular complexity index is 345. The second-order valence-electron chi connectivity index (χ2n) is 5.00. The number of nitrogens with two attached hydrogens (primary N) is 1. The largest absolute Gasteiger partial charge is 0.329 e. The molecule has 102 valence electrons. The van der Waals surface area contributed by atoms with E-state index in [9.17, 15) is 8.42 Å². The Balaban J connectivity index is 2.98. The lowest BCUT2D eigenvalue weighted by atomic mass is 9.94. The molecule has 0 aromatic heterocycles. The zero-order valence-electron chi connectivity index (χ0n) is 11.0. The highest BCUT2D eigenvalue weighted by Crippen LogP contribution is 2.30. The minimum Gasteiger partial charge on any atom is -0.329 e. The third kappa shape index (κ3) is 3.59. The second kappa shape index (κ2) is 5.91. The van der Waals surface area contributed by atoms with Crippen LogP contribution in [0, 0.1) is 0 Å². The summed E-state index contributed by atoms with van der Waals surface area (Å²) in [5, 5.41) is -0.374. The van der Waals surface area contributed by atoms with Crippen molar-refractivity contribution < 1.29 is 8.42 Å². The molecule has 2 atom stereocenters. The minimum atomic E-state index is -3.04. The van der Waals surface area contributed by atoms with Crippen molar-refractivity contribution in [3.8, 4) is 0 Å². The van der Waals surface area contributed by atoms with Gasteiger partial charge in [0.05, 0.1) is 0 Å². The lowest BCUT2D eigenvalue weighted by Crippen LogP contribution is -2.60. The van der Waals surface area contributed by atoms with Gasteiger partial charge in [-0.1, -0.05) is 13.3 Å². The molecule has 1 aliphatic rings. The van der Waals surface area contributed by atoms with Crippen molar-refractivity contribution in [3.05, 3.63) is 0 Å². The number of hydrogen-bond acceptors (Lipinski definition) is 5. The molecule has 2 unspecified atom stereocenters. The molecule has 1 fully saturated rings. The molecule has 0 spiro atoms. The van der Waals surface area contributed by atoms with Crippen molar-refractivity contribution in [2.24, 2.45) is 5.73 Å². The van der Waals surface area contributed by atoms with Gasteiger partial charge in [0.2, 0.25) is 0 Å². The van der Waals surface area contributed by atoms with Crippen molar-refractivity contribution in [2.75, 3.05) is 30.9 Å². The maximum atomic E-state index is 11.9. The summed E-state index contributed by atoms with van der Waals surface area (Å²) in [5.74, 6) is 1.66. The van der Waals surface area contributed by atoms with Crippen LogP contribution in [-0.2, 0) is 9.84 Å². The Morgan fingerprint density at radius 3 is 2.65 bits per heavy atom. The Morgan fingerprint density at radius 1 is 1.53 bits per heavy atom. The van der Waals surface area contributed by atoms with E-state index in [0.717, 1.165) is 25.1 Å². The molecule has 0 aliphatic carbocycles. The Kier molecular flexibility index (Phi) is 5.31. The van der Waals surface area contributed by atoms with E-state index in [1.165, 1.54) is 6.26 Å². The minimum absolute atomic E-state index is 0.191. The van der Waals surface area contributed by atoms with Gasteiger partial charge in [-0.25, -0.2) is 8.42 Å². The lowest BCUT2D eigenvalue weighted by molar-refractivity contribution is 0.0963. The summed E-state index contributed by atoms with van der Waals surface area (Å²) < 4.78 is 23.7. The molecule has 1 saturated heterocycles. The van der Waals surface area contributed by atoms with E-state index < -0.39 is 9.84 Å². The standard InChI is InChI=1S/C11H24N2O2S2/c1-4-5-11(2,9-12)13-6-7-16-8-10(13)17(3,14)15/h10H,4-9,12H2,1-3H3. The van der Waals surface area contributed by atoms with Gasteiger partial charge in [-0.3, -0.25) is 4.90 Å². The summed E-state index contributed by atoms with van der Waals surface area (Å²) in [5.41, 5.74) is 5.70. The molecule has 6 heteroatoms. The number of sulfone groups is 1. The first-order chi connectivity index (χ1) is 7.85. The van der Waals surface area contributed by atoms with E-state index in [1.807, 2.05) is 0 Å². The van der Waals surface area contributed by atoms with Crippen molar-refractivity contribution >= 4 is 21.6 Å². The highest BCUT2D eigenvalue weighted by molar-refractivity contribution is 8.00. The quantitative estimate of drug-likeness (QED) is 0.811. The third-order valence-corrected chi connectivity index (χ3v) is 6.14. The molecule has 0 aromatic carbocycles. The maximum absolute atomic E-state index is 11.9. The molecule has 1 rings (SSSR count). The summed E-state index contributed by atoms with van der Waals surface area (Å²) >= 11 is 1.72. The second-order valence-corrected chi connectivity index (χ2v) is 8.36. The molecule has 0 saturated carbocycles. The summed E-state index contributed by atoms with van der Waals surface area (Å²) in [6.45, 7) is 5.53. The number of hydrogen-bond donors (Lipinski definition) is 1. The van der Waals surface area contributed by atoms with Crippen LogP contribution < -0.4 is 5.73 Å². The van der Waals surface area contributed by atoms with Crippen LogP contribution in [0.25, 0.3) is 0 Å². The third-order valence-electron chi connectivity index (χ3n) is 3.50. The lowest BCUT2D eigenvalue weighted by Gasteiger charge is -2.46. The van der Waals surface area contributed by atoms with Gasteiger partial charge in [0.1, 0.15) is 5.37 Å². The zero-order chi connectivity index (χ0) is 13.1. The molecule has 17 heavy (non-hydrogen) atoms. The average Bonchev–Trinajstić information content (AvgIpc) is 2.28. The zero-order valence-corrected chi connectivity index (χ0v) is 12.6. The SMILES string of the molecule is CCCC(C)(CN)N1CCSCC1S(C)(=O)=O. The van der Waals surface area contributed by atoms with Gasteiger partial charge in [0.15, 0.2) is 9.84 Å². The van der Waals surface area contributed by atoms with Crippen molar-refractivity contribution in [3.63, 3.8) is 0 Å². The predicted octanol–water partition coefficient (Wildman–Crippen LogP) is 0.923. The summed E-state index contributed by atoms with van der Waals surface area (Å²) in [7, 11) is -3.04. The Labute approximate surface area is 109 Å². The van der Waals surface area contributed by atoms with Gasteiger partial charge < -0.3 is 5.73 Å². The number of rotatable bonds is 5. The Hall–Kier alpha value is 0.220. The van der Waals surface area contributed by atoms with Crippen LogP contribution in [0.5, 0.6) is 0 Å². The van der Waals surface area contributed by atoms with Crippen molar-refractivity contribution in [2.45, 2.75) is 37.6 Å². The van der Waals surface area contributed by atoms with Crippen LogP contribution in [0.15, 0.2) is 0 Å². The molecule has 0 radical (unpaired) electrons. The predicted molar refractivity (Wildman–Crippen MR) is 75.0 cm³/mol. The first kappa shape index (κ1) is 15.3. The summed E-state index contributed by atoms with van der Waals surface area (Å²) in [6.07, 6.45) is 3.30. The first-order valence-electron chi connectivity index (χ1n) is 6.08. The van der Waals surface area contributed by atoms with Gasteiger partial charge in [0.25, 0.3) is 0 Å². The highest BCUT2D eigenvalue weighted by Gasteiger charge is 2.40. The van der Waals surface area contributed by atoms with E-state index in [-0.39, 0.29) is 10.9 Å². The van der Waals surface area contributed by atoms with Crippen LogP contribution in [-0.4, -0.2) is 55.1 Å². The van der Waals surface area contributed by atoms with Gasteiger partial charge >= 0.3 is 0 Å². The van der Waals surface area contributed by atoms with E-state index >= 15 is 0 Å². The fourth-order valence-corrected chi connectivity index (χ4v) is 5.43. The van der Waals surface area contributed by atoms with Crippen LogP contribution in [0.2, 0.25) is 0 Å². The molecule has 4 nitrogen and oxygen atoms in total. The topological polar surface area (TPSA) is 63.4 Å². The van der Waals surface area contributed by atoms with Crippen LogP contribution in [0.3, 0.4) is 0 Å². The average molecular weight is 280 g/mol. The monoisotopic (exact) mass is 280 g/mol. The molecule has 1 aliphatic heterocycles. The summed E-state index contributed by atoms with van der Waals surface area (Å²) in [4.78, 5) is 2.11. The van der Waals surface area contributed by atoms with Gasteiger partial charge in [-0.05, 0) is 13.3 Å². The molecule has 1 heterocycles. The maximum Gasteiger partial charge on any atom is 0.164 e. The fourth-order valence-electron chi connectivity index (χ4n) is 2.45.